The smallest absolute Gasteiger partial charge is 0.335 e. The lowest BCUT2D eigenvalue weighted by Gasteiger charge is -2.13. The van der Waals surface area contributed by atoms with E-state index in [2.05, 4.69) is 22.6 Å². The average molecular weight is 334 g/mol. The molecule has 0 aromatic heterocycles. The zero-order valence-electron chi connectivity index (χ0n) is 8.48. The van der Waals surface area contributed by atoms with E-state index in [1.165, 1.54) is 0 Å². The molecule has 1 aliphatic heterocycles. The molecule has 1 N–H and O–H groups in total. The van der Waals surface area contributed by atoms with Crippen molar-refractivity contribution in [3.05, 3.63) is 27.3 Å². The highest BCUT2D eigenvalue weighted by Crippen LogP contribution is 2.25. The van der Waals surface area contributed by atoms with Crippen LogP contribution in [0.2, 0.25) is 0 Å². The van der Waals surface area contributed by atoms with E-state index in [4.69, 9.17) is 14.6 Å². The second-order valence-corrected chi connectivity index (χ2v) is 4.72. The number of hydrogen-bond acceptors (Lipinski definition) is 3. The molecule has 4 nitrogen and oxygen atoms in total. The third kappa shape index (κ3) is 2.65. The Morgan fingerprint density at radius 2 is 2.38 bits per heavy atom. The van der Waals surface area contributed by atoms with Crippen molar-refractivity contribution in [2.45, 2.75) is 12.5 Å². The van der Waals surface area contributed by atoms with Gasteiger partial charge in [-0.25, -0.2) is 4.79 Å². The quantitative estimate of drug-likeness (QED) is 0.861. The van der Waals surface area contributed by atoms with Gasteiger partial charge in [0.1, 0.15) is 11.9 Å². The van der Waals surface area contributed by atoms with Gasteiger partial charge in [-0.05, 0) is 40.8 Å². The Kier molecular flexibility index (Phi) is 3.65. The van der Waals surface area contributed by atoms with E-state index in [0.717, 1.165) is 9.99 Å². The van der Waals surface area contributed by atoms with Gasteiger partial charge in [0.15, 0.2) is 0 Å². The highest BCUT2D eigenvalue weighted by atomic mass is 127. The van der Waals surface area contributed by atoms with Crippen LogP contribution in [0.25, 0.3) is 0 Å². The summed E-state index contributed by atoms with van der Waals surface area (Å²) in [6.07, 6.45) is 0.894. The first kappa shape index (κ1) is 11.7. The molecule has 1 aromatic rings. The summed E-state index contributed by atoms with van der Waals surface area (Å²) < 4.78 is 11.8. The first-order valence-electron chi connectivity index (χ1n) is 4.94. The number of benzene rings is 1. The average Bonchev–Trinajstić information content (AvgIpc) is 2.73. The lowest BCUT2D eigenvalue weighted by molar-refractivity contribution is 0.0696. The summed E-state index contributed by atoms with van der Waals surface area (Å²) in [7, 11) is 0. The van der Waals surface area contributed by atoms with Crippen LogP contribution in [0.3, 0.4) is 0 Å². The van der Waals surface area contributed by atoms with Crippen LogP contribution in [0.1, 0.15) is 16.8 Å². The summed E-state index contributed by atoms with van der Waals surface area (Å²) >= 11 is 2.13. The SMILES string of the molecule is O=C(O)c1ccc(I)c(OC2CCOC2)c1. The Bertz CT molecular complexity index is 399. The number of carboxylic acids is 1. The van der Waals surface area contributed by atoms with E-state index in [-0.39, 0.29) is 11.7 Å². The minimum Gasteiger partial charge on any atom is -0.487 e. The van der Waals surface area contributed by atoms with Gasteiger partial charge in [0.2, 0.25) is 0 Å². The van der Waals surface area contributed by atoms with E-state index < -0.39 is 5.97 Å². The van der Waals surface area contributed by atoms with Crippen LogP contribution in [0, 0.1) is 3.57 Å². The van der Waals surface area contributed by atoms with Crippen molar-refractivity contribution in [3.63, 3.8) is 0 Å². The Balaban J connectivity index is 2.17. The molecule has 1 aliphatic rings. The Hall–Kier alpha value is -0.820. The summed E-state index contributed by atoms with van der Waals surface area (Å²) in [5, 5.41) is 8.88. The van der Waals surface area contributed by atoms with Crippen LogP contribution in [0.5, 0.6) is 5.75 Å². The first-order valence-corrected chi connectivity index (χ1v) is 6.02. The lowest BCUT2D eigenvalue weighted by atomic mass is 10.2. The molecular weight excluding hydrogens is 323 g/mol. The third-order valence-corrected chi connectivity index (χ3v) is 3.25. The topological polar surface area (TPSA) is 55.8 Å². The van der Waals surface area contributed by atoms with Crippen LogP contribution in [0.4, 0.5) is 0 Å². The van der Waals surface area contributed by atoms with E-state index in [9.17, 15) is 4.79 Å². The molecule has 1 saturated heterocycles. The predicted molar refractivity (Wildman–Crippen MR) is 66.0 cm³/mol. The maximum Gasteiger partial charge on any atom is 0.335 e. The van der Waals surface area contributed by atoms with Crippen molar-refractivity contribution < 1.29 is 19.4 Å². The van der Waals surface area contributed by atoms with Gasteiger partial charge in [0.05, 0.1) is 22.3 Å². The van der Waals surface area contributed by atoms with Crippen molar-refractivity contribution in [1.29, 1.82) is 0 Å². The van der Waals surface area contributed by atoms with Crippen LogP contribution in [-0.2, 0) is 4.74 Å². The minimum atomic E-state index is -0.941. The largest absolute Gasteiger partial charge is 0.487 e. The first-order chi connectivity index (χ1) is 7.66. The van der Waals surface area contributed by atoms with Crippen LogP contribution in [-0.4, -0.2) is 30.4 Å². The number of ether oxygens (including phenoxy) is 2. The predicted octanol–water partition coefficient (Wildman–Crippen LogP) is 2.16. The zero-order valence-corrected chi connectivity index (χ0v) is 10.6. The molecule has 1 unspecified atom stereocenters. The molecule has 1 fully saturated rings. The summed E-state index contributed by atoms with van der Waals surface area (Å²) in [6.45, 7) is 1.28. The molecule has 0 aliphatic carbocycles. The normalized spacial score (nSPS) is 19.7. The maximum atomic E-state index is 10.8. The Morgan fingerprint density at radius 1 is 1.56 bits per heavy atom. The van der Waals surface area contributed by atoms with Gasteiger partial charge in [-0.2, -0.15) is 0 Å². The number of rotatable bonds is 3. The molecule has 86 valence electrons. The van der Waals surface area contributed by atoms with Gasteiger partial charge in [-0.15, -0.1) is 0 Å². The monoisotopic (exact) mass is 334 g/mol. The molecule has 0 saturated carbocycles. The molecule has 2 rings (SSSR count). The van der Waals surface area contributed by atoms with Crippen LogP contribution < -0.4 is 4.74 Å². The maximum absolute atomic E-state index is 10.8. The molecule has 1 atom stereocenters. The van der Waals surface area contributed by atoms with Crippen molar-refractivity contribution in [1.82, 2.24) is 0 Å². The van der Waals surface area contributed by atoms with E-state index in [0.29, 0.717) is 19.0 Å². The second-order valence-electron chi connectivity index (χ2n) is 3.55. The standard InChI is InChI=1S/C11H11IO4/c12-9-2-1-7(11(13)14)5-10(9)16-8-3-4-15-6-8/h1-2,5,8H,3-4,6H2,(H,13,14). The minimum absolute atomic E-state index is 0.0394. The molecule has 0 spiro atoms. The number of carbonyl (C=O) groups is 1. The van der Waals surface area contributed by atoms with Gasteiger partial charge in [0, 0.05) is 6.42 Å². The second kappa shape index (κ2) is 5.01. The van der Waals surface area contributed by atoms with Gasteiger partial charge in [0.25, 0.3) is 0 Å². The molecule has 0 radical (unpaired) electrons. The van der Waals surface area contributed by atoms with Crippen molar-refractivity contribution in [3.8, 4) is 5.75 Å². The lowest BCUT2D eigenvalue weighted by Crippen LogP contribution is -2.16. The van der Waals surface area contributed by atoms with Crippen molar-refractivity contribution >= 4 is 28.6 Å². The third-order valence-electron chi connectivity index (χ3n) is 2.36. The Morgan fingerprint density at radius 3 is 3.00 bits per heavy atom. The highest BCUT2D eigenvalue weighted by molar-refractivity contribution is 14.1. The molecular formula is C11H11IO4. The van der Waals surface area contributed by atoms with Gasteiger partial charge in [-0.1, -0.05) is 0 Å². The number of carboxylic acid groups (broad SMARTS) is 1. The van der Waals surface area contributed by atoms with E-state index >= 15 is 0 Å². The fourth-order valence-corrected chi connectivity index (χ4v) is 1.97. The fourth-order valence-electron chi connectivity index (χ4n) is 1.51. The summed E-state index contributed by atoms with van der Waals surface area (Å²) in [5.41, 5.74) is 0.245. The highest BCUT2D eigenvalue weighted by Gasteiger charge is 2.19. The zero-order chi connectivity index (χ0) is 11.5. The van der Waals surface area contributed by atoms with Crippen molar-refractivity contribution in [2.24, 2.45) is 0 Å². The van der Waals surface area contributed by atoms with Crippen molar-refractivity contribution in [2.75, 3.05) is 13.2 Å². The molecule has 16 heavy (non-hydrogen) atoms. The van der Waals surface area contributed by atoms with E-state index in [1.54, 1.807) is 18.2 Å². The molecule has 0 amide bonds. The summed E-state index contributed by atoms with van der Waals surface area (Å²) in [6, 6.07) is 4.87. The van der Waals surface area contributed by atoms with Gasteiger partial charge < -0.3 is 14.6 Å². The van der Waals surface area contributed by atoms with Crippen LogP contribution >= 0.6 is 22.6 Å². The van der Waals surface area contributed by atoms with Gasteiger partial charge >= 0.3 is 5.97 Å². The van der Waals surface area contributed by atoms with Gasteiger partial charge in [-0.3, -0.25) is 0 Å². The Labute approximate surface area is 107 Å². The summed E-state index contributed by atoms with van der Waals surface area (Å²) in [4.78, 5) is 10.8. The molecule has 1 heterocycles. The van der Waals surface area contributed by atoms with Crippen LogP contribution in [0.15, 0.2) is 18.2 Å². The van der Waals surface area contributed by atoms with E-state index in [1.807, 2.05) is 0 Å². The molecule has 5 heteroatoms. The number of aromatic carboxylic acids is 1. The number of halogens is 1. The molecule has 1 aromatic carbocycles. The molecule has 0 bridgehead atoms. The summed E-state index contributed by atoms with van der Waals surface area (Å²) in [5.74, 6) is -0.320. The fraction of sp³-hybridized carbons (Fsp3) is 0.364. The number of hydrogen-bond donors (Lipinski definition) is 1.